The minimum absolute atomic E-state index is 0.0585. The Labute approximate surface area is 142 Å². The van der Waals surface area contributed by atoms with Crippen molar-refractivity contribution in [2.75, 3.05) is 18.4 Å². The average molecular weight is 353 g/mol. The lowest BCUT2D eigenvalue weighted by Gasteiger charge is -2.21. The largest absolute Gasteiger partial charge is 0.353 e. The van der Waals surface area contributed by atoms with Gasteiger partial charge in [-0.3, -0.25) is 9.59 Å². The zero-order chi connectivity index (χ0) is 18.1. The highest BCUT2D eigenvalue weighted by atomic mass is 32.2. The Kier molecular flexibility index (Phi) is 5.29. The molecule has 1 atom stereocenters. The lowest BCUT2D eigenvalue weighted by Crippen LogP contribution is -2.42. The molecule has 0 aromatic heterocycles. The molecule has 0 bridgehead atoms. The third kappa shape index (κ3) is 3.59. The third-order valence-corrected chi connectivity index (χ3v) is 5.82. The minimum atomic E-state index is -3.81. The summed E-state index contributed by atoms with van der Waals surface area (Å²) in [6, 6.07) is 4.49. The van der Waals surface area contributed by atoms with E-state index in [1.54, 1.807) is 19.9 Å². The van der Waals surface area contributed by atoms with Gasteiger partial charge in [0.05, 0.1) is 17.4 Å². The van der Waals surface area contributed by atoms with Crippen LogP contribution in [0, 0.1) is 0 Å². The second-order valence-electron chi connectivity index (χ2n) is 6.11. The number of likely N-dealkylation sites (N-methyl/N-ethyl adjacent to an activating group) is 1. The van der Waals surface area contributed by atoms with Crippen molar-refractivity contribution in [3.05, 3.63) is 23.8 Å². The summed E-state index contributed by atoms with van der Waals surface area (Å²) in [5, 5.41) is 5.40. The van der Waals surface area contributed by atoms with E-state index < -0.39 is 15.9 Å². The molecule has 1 aromatic rings. The van der Waals surface area contributed by atoms with Crippen molar-refractivity contribution >= 4 is 27.5 Å². The van der Waals surface area contributed by atoms with Crippen LogP contribution in [0.1, 0.15) is 39.2 Å². The normalized spacial score (nSPS) is 17.1. The van der Waals surface area contributed by atoms with Gasteiger partial charge in [0.2, 0.25) is 21.8 Å². The van der Waals surface area contributed by atoms with Gasteiger partial charge in [0, 0.05) is 18.3 Å². The monoisotopic (exact) mass is 353 g/mol. The number of amides is 2. The van der Waals surface area contributed by atoms with Crippen molar-refractivity contribution in [3.63, 3.8) is 0 Å². The predicted molar refractivity (Wildman–Crippen MR) is 91.2 cm³/mol. The van der Waals surface area contributed by atoms with E-state index >= 15 is 0 Å². The van der Waals surface area contributed by atoms with E-state index in [2.05, 4.69) is 10.6 Å². The molecule has 0 saturated heterocycles. The maximum Gasteiger partial charge on any atom is 0.243 e. The molecule has 2 N–H and O–H groups in total. The maximum atomic E-state index is 12.8. The van der Waals surface area contributed by atoms with Crippen molar-refractivity contribution in [1.29, 1.82) is 0 Å². The summed E-state index contributed by atoms with van der Waals surface area (Å²) < 4.78 is 26.8. The number of sulfonamides is 1. The zero-order valence-electron chi connectivity index (χ0n) is 14.3. The van der Waals surface area contributed by atoms with Crippen molar-refractivity contribution in [2.45, 2.75) is 44.6 Å². The van der Waals surface area contributed by atoms with Gasteiger partial charge in [-0.15, -0.1) is 0 Å². The van der Waals surface area contributed by atoms with Crippen LogP contribution >= 0.6 is 0 Å². The van der Waals surface area contributed by atoms with E-state index in [0.717, 1.165) is 4.31 Å². The van der Waals surface area contributed by atoms with E-state index in [0.29, 0.717) is 11.3 Å². The second-order valence-corrected chi connectivity index (χ2v) is 8.05. The quantitative estimate of drug-likeness (QED) is 0.805. The average Bonchev–Trinajstić information content (AvgIpc) is 2.78. The zero-order valence-corrected chi connectivity index (χ0v) is 15.1. The molecular formula is C16H23N3O4S. The van der Waals surface area contributed by atoms with Crippen LogP contribution < -0.4 is 10.6 Å². The van der Waals surface area contributed by atoms with Gasteiger partial charge in [0.1, 0.15) is 0 Å². The number of carbonyl (C=O) groups excluding carboxylic acids is 2. The lowest BCUT2D eigenvalue weighted by molar-refractivity contribution is -0.121. The minimum Gasteiger partial charge on any atom is -0.353 e. The number of fused-ring (bicyclic) bond motifs is 1. The van der Waals surface area contributed by atoms with Crippen LogP contribution in [0.4, 0.5) is 5.69 Å². The van der Waals surface area contributed by atoms with Crippen LogP contribution in [0.3, 0.4) is 0 Å². The lowest BCUT2D eigenvalue weighted by atomic mass is 10.0. The second kappa shape index (κ2) is 6.90. The van der Waals surface area contributed by atoms with E-state index in [4.69, 9.17) is 0 Å². The SMILES string of the molecule is CCN(CC(=O)NC(C)C)S(=O)(=O)c1ccc2c(c1)[C@@H](C)C(=O)N2. The summed E-state index contributed by atoms with van der Waals surface area (Å²) in [7, 11) is -3.81. The van der Waals surface area contributed by atoms with Gasteiger partial charge < -0.3 is 10.6 Å². The number of hydrogen-bond acceptors (Lipinski definition) is 4. The first-order valence-corrected chi connectivity index (χ1v) is 9.35. The van der Waals surface area contributed by atoms with Gasteiger partial charge in [-0.2, -0.15) is 4.31 Å². The number of nitrogens with one attached hydrogen (secondary N) is 2. The van der Waals surface area contributed by atoms with Gasteiger partial charge in [-0.05, 0) is 44.5 Å². The first-order valence-electron chi connectivity index (χ1n) is 7.91. The number of rotatable bonds is 6. The summed E-state index contributed by atoms with van der Waals surface area (Å²) in [6.45, 7) is 6.98. The highest BCUT2D eigenvalue weighted by molar-refractivity contribution is 7.89. The van der Waals surface area contributed by atoms with Crippen LogP contribution in [0.5, 0.6) is 0 Å². The number of carbonyl (C=O) groups is 2. The van der Waals surface area contributed by atoms with Crippen LogP contribution in [0.2, 0.25) is 0 Å². The molecule has 0 unspecified atom stereocenters. The smallest absolute Gasteiger partial charge is 0.243 e. The highest BCUT2D eigenvalue weighted by Gasteiger charge is 2.31. The molecule has 0 fully saturated rings. The molecular weight excluding hydrogens is 330 g/mol. The summed E-state index contributed by atoms with van der Waals surface area (Å²) in [5.41, 5.74) is 1.29. The first kappa shape index (κ1) is 18.4. The Morgan fingerprint density at radius 2 is 2.04 bits per heavy atom. The molecule has 1 heterocycles. The Balaban J connectivity index is 2.29. The van der Waals surface area contributed by atoms with Gasteiger partial charge >= 0.3 is 0 Å². The molecule has 1 aliphatic rings. The highest BCUT2D eigenvalue weighted by Crippen LogP contribution is 2.34. The van der Waals surface area contributed by atoms with Crippen LogP contribution in [-0.4, -0.2) is 43.7 Å². The van der Waals surface area contributed by atoms with Gasteiger partial charge in [0.25, 0.3) is 0 Å². The molecule has 1 aromatic carbocycles. The van der Waals surface area contributed by atoms with Gasteiger partial charge in [-0.1, -0.05) is 6.92 Å². The number of nitrogens with zero attached hydrogens (tertiary/aromatic N) is 1. The predicted octanol–water partition coefficient (Wildman–Crippen LogP) is 1.28. The molecule has 2 amide bonds. The number of anilines is 1. The number of benzene rings is 1. The molecule has 8 heteroatoms. The summed E-state index contributed by atoms with van der Waals surface area (Å²) in [4.78, 5) is 23.7. The van der Waals surface area contributed by atoms with E-state index in [-0.39, 0.29) is 35.8 Å². The molecule has 0 radical (unpaired) electrons. The topological polar surface area (TPSA) is 95.6 Å². The Hall–Kier alpha value is -1.93. The number of hydrogen-bond donors (Lipinski definition) is 2. The molecule has 7 nitrogen and oxygen atoms in total. The fourth-order valence-corrected chi connectivity index (χ4v) is 4.04. The Morgan fingerprint density at radius 1 is 1.38 bits per heavy atom. The summed E-state index contributed by atoms with van der Waals surface area (Å²) in [5.74, 6) is -0.889. The first-order chi connectivity index (χ1) is 11.2. The van der Waals surface area contributed by atoms with E-state index in [1.165, 1.54) is 12.1 Å². The van der Waals surface area contributed by atoms with E-state index in [9.17, 15) is 18.0 Å². The summed E-state index contributed by atoms with van der Waals surface area (Å²) in [6.07, 6.45) is 0. The third-order valence-electron chi connectivity index (χ3n) is 3.90. The van der Waals surface area contributed by atoms with Crippen LogP contribution in [0.25, 0.3) is 0 Å². The van der Waals surface area contributed by atoms with E-state index in [1.807, 2.05) is 13.8 Å². The molecule has 132 valence electrons. The molecule has 0 saturated carbocycles. The maximum absolute atomic E-state index is 12.8. The fraction of sp³-hybridized carbons (Fsp3) is 0.500. The molecule has 1 aliphatic heterocycles. The fourth-order valence-electron chi connectivity index (χ4n) is 2.60. The molecule has 24 heavy (non-hydrogen) atoms. The molecule has 0 spiro atoms. The van der Waals surface area contributed by atoms with Gasteiger partial charge in [-0.25, -0.2) is 8.42 Å². The Bertz CT molecular complexity index is 759. The van der Waals surface area contributed by atoms with Crippen LogP contribution in [0.15, 0.2) is 23.1 Å². The van der Waals surface area contributed by atoms with Crippen LogP contribution in [-0.2, 0) is 19.6 Å². The van der Waals surface area contributed by atoms with Crippen molar-refractivity contribution < 1.29 is 18.0 Å². The van der Waals surface area contributed by atoms with Crippen molar-refractivity contribution in [2.24, 2.45) is 0 Å². The molecule has 2 rings (SSSR count). The van der Waals surface area contributed by atoms with Crippen molar-refractivity contribution in [3.8, 4) is 0 Å². The van der Waals surface area contributed by atoms with Gasteiger partial charge in [0.15, 0.2) is 0 Å². The van der Waals surface area contributed by atoms with Crippen molar-refractivity contribution in [1.82, 2.24) is 9.62 Å². The summed E-state index contributed by atoms with van der Waals surface area (Å²) >= 11 is 0. The molecule has 0 aliphatic carbocycles. The Morgan fingerprint density at radius 3 is 2.62 bits per heavy atom. The standard InChI is InChI=1S/C16H23N3O4S/c1-5-19(9-15(20)17-10(2)3)24(22,23)12-6-7-14-13(8-12)11(4)16(21)18-14/h6-8,10-11H,5,9H2,1-4H3,(H,17,20)(H,18,21)/t11-/m1/s1.